The maximum Gasteiger partial charge on any atom is 0.139 e. The Kier molecular flexibility index (Phi) is 4.20. The van der Waals surface area contributed by atoms with E-state index in [0.29, 0.717) is 12.3 Å². The van der Waals surface area contributed by atoms with E-state index in [1.54, 1.807) is 0 Å². The van der Waals surface area contributed by atoms with E-state index >= 15 is 0 Å². The molecule has 1 aromatic carbocycles. The number of hydrogen-bond acceptors (Lipinski definition) is 3. The molecule has 18 heavy (non-hydrogen) atoms. The molecule has 1 aliphatic carbocycles. The Morgan fingerprint density at radius 2 is 2.06 bits per heavy atom. The number of rotatable bonds is 7. The summed E-state index contributed by atoms with van der Waals surface area (Å²) in [6, 6.07) is 10.5. The summed E-state index contributed by atoms with van der Waals surface area (Å²) in [6.07, 6.45) is 4.07. The Bertz CT molecular complexity index is 399. The van der Waals surface area contributed by atoms with Crippen LogP contribution in [0.15, 0.2) is 35.5 Å². The van der Waals surface area contributed by atoms with Crippen LogP contribution in [0.3, 0.4) is 0 Å². The van der Waals surface area contributed by atoms with Crippen LogP contribution in [0.2, 0.25) is 0 Å². The van der Waals surface area contributed by atoms with E-state index in [2.05, 4.69) is 34.7 Å². The maximum atomic E-state index is 8.59. The number of nitrogens with one attached hydrogen (secondary N) is 1. The zero-order valence-electron chi connectivity index (χ0n) is 10.6. The van der Waals surface area contributed by atoms with Crippen molar-refractivity contribution < 1.29 is 5.21 Å². The highest BCUT2D eigenvalue weighted by atomic mass is 16.4. The van der Waals surface area contributed by atoms with Crippen LogP contribution in [0.4, 0.5) is 0 Å². The Balaban J connectivity index is 1.67. The van der Waals surface area contributed by atoms with Crippen LogP contribution >= 0.6 is 0 Å². The third-order valence-corrected chi connectivity index (χ3v) is 3.57. The Morgan fingerprint density at radius 3 is 2.67 bits per heavy atom. The lowest BCUT2D eigenvalue weighted by Crippen LogP contribution is -2.29. The summed E-state index contributed by atoms with van der Waals surface area (Å²) in [6.45, 7) is 1.93. The molecular formula is C14H21N3O. The van der Waals surface area contributed by atoms with Gasteiger partial charge in [-0.05, 0) is 36.8 Å². The molecule has 0 bridgehead atoms. The standard InChI is InChI=1S/C14H21N3O/c15-13(17-18)10-14(7-8-14)11-16-9-6-12-4-2-1-3-5-12/h1-5,16,18H,6-11H2,(H2,15,17). The van der Waals surface area contributed by atoms with E-state index in [1.165, 1.54) is 18.4 Å². The number of benzene rings is 1. The fourth-order valence-electron chi connectivity index (χ4n) is 2.24. The molecule has 0 amide bonds. The molecule has 0 aliphatic heterocycles. The van der Waals surface area contributed by atoms with Crippen molar-refractivity contribution in [3.05, 3.63) is 35.9 Å². The van der Waals surface area contributed by atoms with E-state index in [-0.39, 0.29) is 5.41 Å². The molecule has 4 nitrogen and oxygen atoms in total. The summed E-state index contributed by atoms with van der Waals surface area (Å²) in [5, 5.41) is 15.1. The second-order valence-electron chi connectivity index (χ2n) is 5.18. The molecule has 0 spiro atoms. The van der Waals surface area contributed by atoms with Crippen LogP contribution in [0.5, 0.6) is 0 Å². The van der Waals surface area contributed by atoms with Crippen LogP contribution in [0.25, 0.3) is 0 Å². The summed E-state index contributed by atoms with van der Waals surface area (Å²) in [5.41, 5.74) is 7.16. The largest absolute Gasteiger partial charge is 0.409 e. The fourth-order valence-corrected chi connectivity index (χ4v) is 2.24. The molecule has 2 rings (SSSR count). The molecule has 1 saturated carbocycles. The van der Waals surface area contributed by atoms with Gasteiger partial charge in [0.2, 0.25) is 0 Å². The van der Waals surface area contributed by atoms with Crippen molar-refractivity contribution >= 4 is 5.84 Å². The number of oxime groups is 1. The minimum Gasteiger partial charge on any atom is -0.409 e. The van der Waals surface area contributed by atoms with Gasteiger partial charge in [0.05, 0.1) is 0 Å². The predicted molar refractivity (Wildman–Crippen MR) is 72.7 cm³/mol. The Morgan fingerprint density at radius 1 is 1.33 bits per heavy atom. The van der Waals surface area contributed by atoms with E-state index in [4.69, 9.17) is 10.9 Å². The molecule has 1 aromatic rings. The molecular weight excluding hydrogens is 226 g/mol. The minimum atomic E-state index is 0.243. The highest BCUT2D eigenvalue weighted by Gasteiger charge is 2.42. The molecule has 0 atom stereocenters. The second-order valence-corrected chi connectivity index (χ2v) is 5.18. The molecule has 4 N–H and O–H groups in total. The highest BCUT2D eigenvalue weighted by Crippen LogP contribution is 2.48. The summed E-state index contributed by atoms with van der Waals surface area (Å²) in [4.78, 5) is 0. The van der Waals surface area contributed by atoms with E-state index < -0.39 is 0 Å². The average Bonchev–Trinajstić information content (AvgIpc) is 3.16. The number of amidine groups is 1. The zero-order chi connectivity index (χ0) is 12.8. The van der Waals surface area contributed by atoms with Gasteiger partial charge in [-0.1, -0.05) is 35.5 Å². The van der Waals surface area contributed by atoms with Crippen LogP contribution in [0, 0.1) is 5.41 Å². The molecule has 0 radical (unpaired) electrons. The maximum absolute atomic E-state index is 8.59. The summed E-state index contributed by atoms with van der Waals surface area (Å²) in [5.74, 6) is 0.345. The number of nitrogens with zero attached hydrogens (tertiary/aromatic N) is 1. The van der Waals surface area contributed by atoms with E-state index in [0.717, 1.165) is 19.5 Å². The monoisotopic (exact) mass is 247 g/mol. The van der Waals surface area contributed by atoms with Gasteiger partial charge in [0.25, 0.3) is 0 Å². The molecule has 0 heterocycles. The third-order valence-electron chi connectivity index (χ3n) is 3.57. The normalized spacial score (nSPS) is 17.7. The van der Waals surface area contributed by atoms with Gasteiger partial charge in [-0.15, -0.1) is 0 Å². The first-order chi connectivity index (χ1) is 8.74. The van der Waals surface area contributed by atoms with Crippen LogP contribution in [0.1, 0.15) is 24.8 Å². The van der Waals surface area contributed by atoms with Crippen molar-refractivity contribution in [1.82, 2.24) is 5.32 Å². The van der Waals surface area contributed by atoms with Crippen LogP contribution in [-0.2, 0) is 6.42 Å². The zero-order valence-corrected chi connectivity index (χ0v) is 10.6. The van der Waals surface area contributed by atoms with Gasteiger partial charge in [-0.3, -0.25) is 0 Å². The second kappa shape index (κ2) is 5.87. The number of hydrogen-bond donors (Lipinski definition) is 3. The molecule has 98 valence electrons. The average molecular weight is 247 g/mol. The Labute approximate surface area is 108 Å². The van der Waals surface area contributed by atoms with Crippen molar-refractivity contribution in [2.75, 3.05) is 13.1 Å². The SMILES string of the molecule is NC(CC1(CNCCc2ccccc2)CC1)=NO. The van der Waals surface area contributed by atoms with Crippen LogP contribution < -0.4 is 11.1 Å². The van der Waals surface area contributed by atoms with Gasteiger partial charge in [-0.25, -0.2) is 0 Å². The lowest BCUT2D eigenvalue weighted by atomic mass is 10.0. The lowest BCUT2D eigenvalue weighted by Gasteiger charge is -2.15. The van der Waals surface area contributed by atoms with Gasteiger partial charge in [0.1, 0.15) is 5.84 Å². The Hall–Kier alpha value is -1.55. The third kappa shape index (κ3) is 3.74. The summed E-state index contributed by atoms with van der Waals surface area (Å²) in [7, 11) is 0. The molecule has 1 aliphatic rings. The topological polar surface area (TPSA) is 70.6 Å². The molecule has 4 heteroatoms. The predicted octanol–water partition coefficient (Wildman–Crippen LogP) is 1.74. The first kappa shape index (κ1) is 12.9. The quantitative estimate of drug-likeness (QED) is 0.226. The highest BCUT2D eigenvalue weighted by molar-refractivity contribution is 5.80. The van der Waals surface area contributed by atoms with E-state index in [9.17, 15) is 0 Å². The van der Waals surface area contributed by atoms with Gasteiger partial charge in [0, 0.05) is 13.0 Å². The van der Waals surface area contributed by atoms with Gasteiger partial charge in [-0.2, -0.15) is 0 Å². The van der Waals surface area contributed by atoms with Gasteiger partial charge >= 0.3 is 0 Å². The van der Waals surface area contributed by atoms with E-state index in [1.807, 2.05) is 6.07 Å². The molecule has 0 aromatic heterocycles. The van der Waals surface area contributed by atoms with Crippen molar-refractivity contribution in [1.29, 1.82) is 0 Å². The van der Waals surface area contributed by atoms with Crippen molar-refractivity contribution in [2.24, 2.45) is 16.3 Å². The minimum absolute atomic E-state index is 0.243. The van der Waals surface area contributed by atoms with Crippen molar-refractivity contribution in [2.45, 2.75) is 25.7 Å². The van der Waals surface area contributed by atoms with Gasteiger partial charge in [0.15, 0.2) is 0 Å². The molecule has 0 unspecified atom stereocenters. The van der Waals surface area contributed by atoms with Crippen molar-refractivity contribution in [3.8, 4) is 0 Å². The van der Waals surface area contributed by atoms with Crippen LogP contribution in [-0.4, -0.2) is 24.1 Å². The summed E-state index contributed by atoms with van der Waals surface area (Å²) >= 11 is 0. The smallest absolute Gasteiger partial charge is 0.139 e. The van der Waals surface area contributed by atoms with Gasteiger partial charge < -0.3 is 16.3 Å². The first-order valence-electron chi connectivity index (χ1n) is 6.45. The lowest BCUT2D eigenvalue weighted by molar-refractivity contribution is 0.314. The number of nitrogens with two attached hydrogens (primary N) is 1. The fraction of sp³-hybridized carbons (Fsp3) is 0.500. The first-order valence-corrected chi connectivity index (χ1v) is 6.45. The molecule has 0 saturated heterocycles. The molecule has 1 fully saturated rings. The van der Waals surface area contributed by atoms with Crippen molar-refractivity contribution in [3.63, 3.8) is 0 Å². The summed E-state index contributed by atoms with van der Waals surface area (Å²) < 4.78 is 0.